The molecule has 31 heavy (non-hydrogen) atoms. The summed E-state index contributed by atoms with van der Waals surface area (Å²) in [5.74, 6) is 0.0744. The van der Waals surface area contributed by atoms with Crippen LogP contribution in [0.4, 0.5) is 4.79 Å². The number of hydrogen-bond acceptors (Lipinski definition) is 3. The summed E-state index contributed by atoms with van der Waals surface area (Å²) in [4.78, 5) is 33.8. The summed E-state index contributed by atoms with van der Waals surface area (Å²) in [6.45, 7) is 5.92. The van der Waals surface area contributed by atoms with Crippen LogP contribution in [0.25, 0.3) is 0 Å². The number of urea groups is 1. The molecule has 0 bridgehead atoms. The average molecular weight is 417 g/mol. The quantitative estimate of drug-likeness (QED) is 0.583. The normalized spacial score (nSPS) is 16.4. The number of aromatic nitrogens is 2. The van der Waals surface area contributed by atoms with Gasteiger partial charge in [0.15, 0.2) is 0 Å². The number of amides is 3. The van der Waals surface area contributed by atoms with Crippen LogP contribution in [0.2, 0.25) is 0 Å². The van der Waals surface area contributed by atoms with Crippen molar-refractivity contribution in [2.75, 3.05) is 13.1 Å². The molecule has 3 aromatic rings. The van der Waals surface area contributed by atoms with E-state index in [1.165, 1.54) is 10.5 Å². The Morgan fingerprint density at radius 3 is 2.42 bits per heavy atom. The van der Waals surface area contributed by atoms with Crippen LogP contribution >= 0.6 is 0 Å². The molecule has 0 radical (unpaired) electrons. The van der Waals surface area contributed by atoms with Gasteiger partial charge >= 0.3 is 6.03 Å². The van der Waals surface area contributed by atoms with Gasteiger partial charge in [-0.25, -0.2) is 9.78 Å². The standard InChI is InChI=1S/C25H28N4O2/c1-19(2)14-28-23(17-29(25(28)31)24(30)21-11-7-4-8-12-21)13-22-16-27(18-26-22)15-20-9-5-3-6-10-20/h3-12,16,18-19,23H,13-15,17H2,1-2H3/t23-/m0/s1. The lowest BCUT2D eigenvalue weighted by Gasteiger charge is -2.24. The molecule has 1 aliphatic rings. The van der Waals surface area contributed by atoms with Gasteiger partial charge in [-0.05, 0) is 23.6 Å². The molecule has 0 saturated carbocycles. The van der Waals surface area contributed by atoms with Gasteiger partial charge < -0.3 is 9.47 Å². The van der Waals surface area contributed by atoms with E-state index in [4.69, 9.17) is 0 Å². The number of rotatable bonds is 7. The van der Waals surface area contributed by atoms with Crippen molar-refractivity contribution >= 4 is 11.9 Å². The predicted octanol–water partition coefficient (Wildman–Crippen LogP) is 4.08. The Labute approximate surface area is 183 Å². The Morgan fingerprint density at radius 2 is 1.74 bits per heavy atom. The first-order valence-corrected chi connectivity index (χ1v) is 10.7. The van der Waals surface area contributed by atoms with E-state index >= 15 is 0 Å². The summed E-state index contributed by atoms with van der Waals surface area (Å²) in [5, 5.41) is 0. The maximum absolute atomic E-state index is 13.1. The number of carbonyl (C=O) groups is 2. The van der Waals surface area contributed by atoms with Crippen LogP contribution in [-0.4, -0.2) is 50.4 Å². The Bertz CT molecular complexity index is 1030. The summed E-state index contributed by atoms with van der Waals surface area (Å²) in [6, 6.07) is 18.9. The Kier molecular flexibility index (Phi) is 6.16. The first-order chi connectivity index (χ1) is 15.0. The van der Waals surface area contributed by atoms with Gasteiger partial charge in [-0.1, -0.05) is 62.4 Å². The van der Waals surface area contributed by atoms with Gasteiger partial charge in [0.25, 0.3) is 5.91 Å². The van der Waals surface area contributed by atoms with Crippen LogP contribution in [-0.2, 0) is 13.0 Å². The van der Waals surface area contributed by atoms with Gasteiger partial charge in [0.05, 0.1) is 24.6 Å². The van der Waals surface area contributed by atoms with Crippen molar-refractivity contribution in [3.05, 3.63) is 90.0 Å². The van der Waals surface area contributed by atoms with Gasteiger partial charge in [-0.15, -0.1) is 0 Å². The van der Waals surface area contributed by atoms with E-state index in [-0.39, 0.29) is 18.0 Å². The number of benzene rings is 2. The minimum absolute atomic E-state index is 0.0809. The fraction of sp³-hybridized carbons (Fsp3) is 0.320. The molecule has 2 heterocycles. The molecule has 4 rings (SSSR count). The molecule has 1 saturated heterocycles. The third-order valence-electron chi connectivity index (χ3n) is 5.48. The number of carbonyl (C=O) groups excluding carboxylic acids is 2. The number of imidazole rings is 1. The van der Waals surface area contributed by atoms with Crippen LogP contribution in [0.15, 0.2) is 73.2 Å². The monoisotopic (exact) mass is 416 g/mol. The number of hydrogen-bond donors (Lipinski definition) is 0. The minimum atomic E-state index is -0.239. The van der Waals surface area contributed by atoms with Gasteiger partial charge in [0.2, 0.25) is 0 Å². The minimum Gasteiger partial charge on any atom is -0.333 e. The first-order valence-electron chi connectivity index (χ1n) is 10.7. The highest BCUT2D eigenvalue weighted by Gasteiger charge is 2.41. The van der Waals surface area contributed by atoms with E-state index in [2.05, 4.69) is 35.5 Å². The van der Waals surface area contributed by atoms with Gasteiger partial charge in [-0.2, -0.15) is 0 Å². The molecule has 2 aromatic carbocycles. The third kappa shape index (κ3) is 4.85. The second-order valence-electron chi connectivity index (χ2n) is 8.49. The Morgan fingerprint density at radius 1 is 1.06 bits per heavy atom. The summed E-state index contributed by atoms with van der Waals surface area (Å²) >= 11 is 0. The van der Waals surface area contributed by atoms with Crippen LogP contribution in [0.1, 0.15) is 35.5 Å². The van der Waals surface area contributed by atoms with Crippen LogP contribution in [0, 0.1) is 5.92 Å². The molecule has 0 N–H and O–H groups in total. The summed E-state index contributed by atoms with van der Waals surface area (Å²) in [6.07, 6.45) is 4.49. The Balaban J connectivity index is 1.49. The summed E-state index contributed by atoms with van der Waals surface area (Å²) < 4.78 is 2.06. The maximum atomic E-state index is 13.1. The third-order valence-corrected chi connectivity index (χ3v) is 5.48. The van der Waals surface area contributed by atoms with E-state index in [1.54, 1.807) is 12.1 Å². The zero-order chi connectivity index (χ0) is 21.8. The molecule has 0 spiro atoms. The highest BCUT2D eigenvalue weighted by atomic mass is 16.2. The topological polar surface area (TPSA) is 58.4 Å². The lowest BCUT2D eigenvalue weighted by molar-refractivity contribution is 0.0820. The van der Waals surface area contributed by atoms with E-state index < -0.39 is 0 Å². The molecule has 0 aliphatic carbocycles. The van der Waals surface area contributed by atoms with Gasteiger partial charge in [0, 0.05) is 31.3 Å². The van der Waals surface area contributed by atoms with Crippen molar-refractivity contribution in [3.63, 3.8) is 0 Å². The number of nitrogens with zero attached hydrogens (tertiary/aromatic N) is 4. The van der Waals surface area contributed by atoms with Crippen molar-refractivity contribution in [1.82, 2.24) is 19.4 Å². The molecule has 0 unspecified atom stereocenters. The zero-order valence-electron chi connectivity index (χ0n) is 18.0. The van der Waals surface area contributed by atoms with Crippen molar-refractivity contribution in [2.45, 2.75) is 32.9 Å². The summed E-state index contributed by atoms with van der Waals surface area (Å²) in [5.41, 5.74) is 2.67. The fourth-order valence-electron chi connectivity index (χ4n) is 4.03. The van der Waals surface area contributed by atoms with E-state index in [9.17, 15) is 9.59 Å². The van der Waals surface area contributed by atoms with E-state index in [1.807, 2.05) is 53.8 Å². The lowest BCUT2D eigenvalue weighted by Crippen LogP contribution is -2.39. The lowest BCUT2D eigenvalue weighted by atomic mass is 10.1. The zero-order valence-corrected chi connectivity index (χ0v) is 18.0. The van der Waals surface area contributed by atoms with Crippen molar-refractivity contribution in [3.8, 4) is 0 Å². The molecular formula is C25H28N4O2. The van der Waals surface area contributed by atoms with Crippen LogP contribution in [0.5, 0.6) is 0 Å². The molecule has 1 aromatic heterocycles. The highest BCUT2D eigenvalue weighted by molar-refractivity contribution is 6.05. The average Bonchev–Trinajstić information content (AvgIpc) is 3.33. The molecule has 1 atom stereocenters. The van der Waals surface area contributed by atoms with E-state index in [0.717, 1.165) is 12.2 Å². The van der Waals surface area contributed by atoms with Crippen LogP contribution in [0.3, 0.4) is 0 Å². The van der Waals surface area contributed by atoms with Crippen molar-refractivity contribution < 1.29 is 9.59 Å². The largest absolute Gasteiger partial charge is 0.333 e. The molecule has 1 aliphatic heterocycles. The molecule has 3 amide bonds. The SMILES string of the molecule is CC(C)CN1C(=O)N(C(=O)c2ccccc2)C[C@@H]1Cc1cn(Cc2ccccc2)cn1. The second kappa shape index (κ2) is 9.16. The second-order valence-corrected chi connectivity index (χ2v) is 8.49. The van der Waals surface area contributed by atoms with Gasteiger partial charge in [-0.3, -0.25) is 9.69 Å². The van der Waals surface area contributed by atoms with E-state index in [0.29, 0.717) is 31.0 Å². The fourth-order valence-corrected chi connectivity index (χ4v) is 4.03. The van der Waals surface area contributed by atoms with Gasteiger partial charge in [0.1, 0.15) is 0 Å². The predicted molar refractivity (Wildman–Crippen MR) is 120 cm³/mol. The smallest absolute Gasteiger partial charge is 0.327 e. The highest BCUT2D eigenvalue weighted by Crippen LogP contribution is 2.23. The molecule has 160 valence electrons. The summed E-state index contributed by atoms with van der Waals surface area (Å²) in [7, 11) is 0. The first kappa shape index (κ1) is 20.8. The maximum Gasteiger partial charge on any atom is 0.327 e. The number of imide groups is 1. The van der Waals surface area contributed by atoms with Crippen molar-refractivity contribution in [1.29, 1.82) is 0 Å². The van der Waals surface area contributed by atoms with Crippen molar-refractivity contribution in [2.24, 2.45) is 5.92 Å². The van der Waals surface area contributed by atoms with Crippen LogP contribution < -0.4 is 0 Å². The molecular weight excluding hydrogens is 388 g/mol. The Hall–Kier alpha value is -3.41. The molecule has 1 fully saturated rings. The molecule has 6 heteroatoms. The molecule has 6 nitrogen and oxygen atoms in total.